The molecule has 4 nitrogen and oxygen atoms in total. The summed E-state index contributed by atoms with van der Waals surface area (Å²) in [6, 6.07) is 3.66. The molecule has 4 heteroatoms. The van der Waals surface area contributed by atoms with Gasteiger partial charge in [0.05, 0.1) is 13.2 Å². The zero-order valence-electron chi connectivity index (χ0n) is 7.35. The summed E-state index contributed by atoms with van der Waals surface area (Å²) in [4.78, 5) is 2.21. The van der Waals surface area contributed by atoms with Crippen molar-refractivity contribution in [1.29, 1.82) is 0 Å². The lowest BCUT2D eigenvalue weighted by atomic mass is 10.3. The van der Waals surface area contributed by atoms with Crippen LogP contribution in [0.3, 0.4) is 0 Å². The van der Waals surface area contributed by atoms with Crippen LogP contribution in [0.5, 0.6) is 0 Å². The number of anilines is 1. The SMILES string of the molecule is [O-][n+]1ccc(N2CCOCC2)cc1. The summed E-state index contributed by atoms with van der Waals surface area (Å²) in [5.41, 5.74) is 1.09. The number of hydrogen-bond donors (Lipinski definition) is 0. The second kappa shape index (κ2) is 3.62. The minimum absolute atomic E-state index is 0.770. The second-order valence-corrected chi connectivity index (χ2v) is 3.02. The maximum Gasteiger partial charge on any atom is 0.182 e. The molecule has 1 aliphatic heterocycles. The number of hydrogen-bond acceptors (Lipinski definition) is 3. The van der Waals surface area contributed by atoms with Gasteiger partial charge in [-0.3, -0.25) is 0 Å². The van der Waals surface area contributed by atoms with Crippen molar-refractivity contribution in [3.05, 3.63) is 29.7 Å². The molecule has 70 valence electrons. The monoisotopic (exact) mass is 180 g/mol. The Balaban J connectivity index is 2.10. The van der Waals surface area contributed by atoms with Crippen LogP contribution in [0.15, 0.2) is 24.5 Å². The number of aromatic nitrogens is 1. The normalized spacial score (nSPS) is 17.4. The van der Waals surface area contributed by atoms with Crippen LogP contribution in [-0.4, -0.2) is 26.3 Å². The fourth-order valence-corrected chi connectivity index (χ4v) is 1.44. The van der Waals surface area contributed by atoms with Crippen molar-refractivity contribution in [2.75, 3.05) is 31.2 Å². The van der Waals surface area contributed by atoms with Crippen LogP contribution in [0, 0.1) is 5.21 Å². The maximum atomic E-state index is 10.8. The Morgan fingerprint density at radius 2 is 1.85 bits per heavy atom. The minimum Gasteiger partial charge on any atom is -0.619 e. The van der Waals surface area contributed by atoms with E-state index in [0.717, 1.165) is 36.7 Å². The molecular weight excluding hydrogens is 168 g/mol. The van der Waals surface area contributed by atoms with E-state index in [-0.39, 0.29) is 0 Å². The predicted octanol–water partition coefficient (Wildman–Crippen LogP) is 0.157. The Kier molecular flexibility index (Phi) is 2.31. The standard InChI is InChI=1S/C9H12N2O2/c12-11-3-1-9(2-4-11)10-5-7-13-8-6-10/h1-4H,5-8H2. The fourth-order valence-electron chi connectivity index (χ4n) is 1.44. The number of nitrogens with zero attached hydrogens (tertiary/aromatic N) is 2. The molecule has 1 aliphatic rings. The lowest BCUT2D eigenvalue weighted by Crippen LogP contribution is -2.36. The van der Waals surface area contributed by atoms with Gasteiger partial charge < -0.3 is 14.8 Å². The first-order valence-corrected chi connectivity index (χ1v) is 4.38. The third-order valence-electron chi connectivity index (χ3n) is 2.16. The van der Waals surface area contributed by atoms with Gasteiger partial charge in [-0.1, -0.05) is 0 Å². The zero-order valence-corrected chi connectivity index (χ0v) is 7.35. The molecule has 0 radical (unpaired) electrons. The number of pyridine rings is 1. The van der Waals surface area contributed by atoms with E-state index in [1.54, 1.807) is 0 Å². The molecule has 0 saturated carbocycles. The number of morpholine rings is 1. The van der Waals surface area contributed by atoms with Gasteiger partial charge in [0.25, 0.3) is 0 Å². The van der Waals surface area contributed by atoms with E-state index in [2.05, 4.69) is 4.90 Å². The van der Waals surface area contributed by atoms with E-state index < -0.39 is 0 Å². The van der Waals surface area contributed by atoms with E-state index in [9.17, 15) is 5.21 Å². The molecule has 0 spiro atoms. The third kappa shape index (κ3) is 1.89. The molecule has 13 heavy (non-hydrogen) atoms. The van der Waals surface area contributed by atoms with Crippen LogP contribution >= 0.6 is 0 Å². The van der Waals surface area contributed by atoms with Gasteiger partial charge in [0.2, 0.25) is 0 Å². The van der Waals surface area contributed by atoms with Gasteiger partial charge in [0, 0.05) is 30.9 Å². The first-order chi connectivity index (χ1) is 6.36. The molecule has 0 unspecified atom stereocenters. The topological polar surface area (TPSA) is 39.4 Å². The molecular formula is C9H12N2O2. The second-order valence-electron chi connectivity index (χ2n) is 3.02. The average Bonchev–Trinajstić information content (AvgIpc) is 2.20. The van der Waals surface area contributed by atoms with Crippen molar-refractivity contribution < 1.29 is 9.47 Å². The quantitative estimate of drug-likeness (QED) is 0.456. The van der Waals surface area contributed by atoms with E-state index in [4.69, 9.17) is 4.74 Å². The van der Waals surface area contributed by atoms with Crippen molar-refractivity contribution in [2.24, 2.45) is 0 Å². The van der Waals surface area contributed by atoms with E-state index >= 15 is 0 Å². The molecule has 2 rings (SSSR count). The molecule has 0 bridgehead atoms. The maximum absolute atomic E-state index is 10.8. The van der Waals surface area contributed by atoms with Gasteiger partial charge in [-0.05, 0) is 0 Å². The van der Waals surface area contributed by atoms with Crippen molar-refractivity contribution in [1.82, 2.24) is 0 Å². The van der Waals surface area contributed by atoms with Crippen LogP contribution < -0.4 is 9.63 Å². The van der Waals surface area contributed by atoms with Crippen LogP contribution in [0.2, 0.25) is 0 Å². The van der Waals surface area contributed by atoms with Crippen LogP contribution in [0.25, 0.3) is 0 Å². The third-order valence-corrected chi connectivity index (χ3v) is 2.16. The van der Waals surface area contributed by atoms with E-state index in [1.807, 2.05) is 12.1 Å². The highest BCUT2D eigenvalue weighted by molar-refractivity contribution is 5.43. The summed E-state index contributed by atoms with van der Waals surface area (Å²) < 4.78 is 6.03. The summed E-state index contributed by atoms with van der Waals surface area (Å²) in [7, 11) is 0. The Hall–Kier alpha value is -1.29. The molecule has 1 fully saturated rings. The molecule has 2 heterocycles. The van der Waals surface area contributed by atoms with Crippen LogP contribution in [0.4, 0.5) is 5.69 Å². The van der Waals surface area contributed by atoms with Gasteiger partial charge in [-0.2, -0.15) is 4.73 Å². The molecule has 0 aromatic carbocycles. The molecule has 0 atom stereocenters. The molecule has 1 aromatic rings. The van der Waals surface area contributed by atoms with E-state index in [0.29, 0.717) is 0 Å². The lowest BCUT2D eigenvalue weighted by molar-refractivity contribution is -0.605. The Morgan fingerprint density at radius 1 is 1.23 bits per heavy atom. The Bertz CT molecular complexity index is 267. The number of ether oxygens (including phenoxy) is 1. The van der Waals surface area contributed by atoms with Crippen molar-refractivity contribution >= 4 is 5.69 Å². The molecule has 0 amide bonds. The molecule has 1 saturated heterocycles. The smallest absolute Gasteiger partial charge is 0.182 e. The van der Waals surface area contributed by atoms with Gasteiger partial charge in [0.15, 0.2) is 12.4 Å². The van der Waals surface area contributed by atoms with Gasteiger partial charge in [0.1, 0.15) is 0 Å². The summed E-state index contributed by atoms with van der Waals surface area (Å²) in [6.07, 6.45) is 3.04. The van der Waals surface area contributed by atoms with Crippen LogP contribution in [-0.2, 0) is 4.74 Å². The minimum atomic E-state index is 0.770. The predicted molar refractivity (Wildman–Crippen MR) is 48.4 cm³/mol. The first-order valence-electron chi connectivity index (χ1n) is 4.38. The fraction of sp³-hybridized carbons (Fsp3) is 0.444. The van der Waals surface area contributed by atoms with E-state index in [1.165, 1.54) is 12.4 Å². The first kappa shape index (κ1) is 8.31. The van der Waals surface area contributed by atoms with Crippen molar-refractivity contribution in [3.63, 3.8) is 0 Å². The largest absolute Gasteiger partial charge is 0.619 e. The van der Waals surface area contributed by atoms with Crippen LogP contribution in [0.1, 0.15) is 0 Å². The number of rotatable bonds is 1. The van der Waals surface area contributed by atoms with Gasteiger partial charge in [-0.15, -0.1) is 0 Å². The summed E-state index contributed by atoms with van der Waals surface area (Å²) in [5.74, 6) is 0. The lowest BCUT2D eigenvalue weighted by Gasteiger charge is -2.28. The Morgan fingerprint density at radius 3 is 2.46 bits per heavy atom. The Labute approximate surface area is 76.9 Å². The summed E-state index contributed by atoms with van der Waals surface area (Å²) in [5, 5.41) is 10.8. The van der Waals surface area contributed by atoms with Gasteiger partial charge >= 0.3 is 0 Å². The van der Waals surface area contributed by atoms with Crippen molar-refractivity contribution in [2.45, 2.75) is 0 Å². The molecule has 1 aromatic heterocycles. The van der Waals surface area contributed by atoms with Gasteiger partial charge in [-0.25, -0.2) is 0 Å². The highest BCUT2D eigenvalue weighted by atomic mass is 16.5. The zero-order chi connectivity index (χ0) is 9.10. The van der Waals surface area contributed by atoms with Crippen molar-refractivity contribution in [3.8, 4) is 0 Å². The molecule has 0 aliphatic carbocycles. The summed E-state index contributed by atoms with van der Waals surface area (Å²) in [6.45, 7) is 3.35. The highest BCUT2D eigenvalue weighted by Gasteiger charge is 2.11. The molecule has 0 N–H and O–H groups in total. The average molecular weight is 180 g/mol. The highest BCUT2D eigenvalue weighted by Crippen LogP contribution is 2.12. The summed E-state index contributed by atoms with van der Waals surface area (Å²) >= 11 is 0.